The number of hydrogen-bond donors (Lipinski definition) is 0. The third-order valence-corrected chi connectivity index (χ3v) is 5.33. The Morgan fingerprint density at radius 3 is 2.63 bits per heavy atom. The van der Waals surface area contributed by atoms with Gasteiger partial charge in [0.1, 0.15) is 12.4 Å². The van der Waals surface area contributed by atoms with Gasteiger partial charge in [0, 0.05) is 0 Å². The lowest BCUT2D eigenvalue weighted by atomic mass is 10.2. The number of hydrogen-bond acceptors (Lipinski definition) is 7. The molecule has 4 aromatic rings. The molecule has 0 atom stereocenters. The number of rotatable bonds is 7. The molecule has 2 heterocycles. The van der Waals surface area contributed by atoms with Gasteiger partial charge in [0.15, 0.2) is 17.3 Å². The maximum absolute atomic E-state index is 12.8. The molecule has 0 radical (unpaired) electrons. The molecule has 0 saturated heterocycles. The lowest BCUT2D eigenvalue weighted by Gasteiger charge is -2.09. The largest absolute Gasteiger partial charge is 0.496 e. The first-order valence-corrected chi connectivity index (χ1v) is 9.92. The highest BCUT2D eigenvalue weighted by atomic mass is 32.1. The Bertz CT molecular complexity index is 1330. The molecule has 0 saturated carbocycles. The highest BCUT2D eigenvalue weighted by Crippen LogP contribution is 2.29. The van der Waals surface area contributed by atoms with Crippen molar-refractivity contribution >= 4 is 22.4 Å². The fraction of sp³-hybridized carbons (Fsp3) is 0.136. The van der Waals surface area contributed by atoms with E-state index in [4.69, 9.17) is 14.2 Å². The predicted molar refractivity (Wildman–Crippen MR) is 117 cm³/mol. The van der Waals surface area contributed by atoms with Gasteiger partial charge in [0.05, 0.1) is 24.3 Å². The summed E-state index contributed by atoms with van der Waals surface area (Å²) in [5, 5.41) is 4.38. The van der Waals surface area contributed by atoms with E-state index in [0.717, 1.165) is 11.1 Å². The van der Waals surface area contributed by atoms with Crippen LogP contribution in [0.2, 0.25) is 0 Å². The zero-order valence-corrected chi connectivity index (χ0v) is 17.3. The summed E-state index contributed by atoms with van der Waals surface area (Å²) < 4.78 is 18.2. The van der Waals surface area contributed by atoms with Crippen LogP contribution in [0.4, 0.5) is 0 Å². The zero-order valence-electron chi connectivity index (χ0n) is 16.5. The van der Waals surface area contributed by atoms with Crippen LogP contribution >= 0.6 is 11.3 Å². The quantitative estimate of drug-likeness (QED) is 0.427. The van der Waals surface area contributed by atoms with Gasteiger partial charge in [-0.25, -0.2) is 0 Å². The van der Waals surface area contributed by atoms with Crippen molar-refractivity contribution in [1.82, 2.24) is 14.6 Å². The van der Waals surface area contributed by atoms with E-state index in [1.807, 2.05) is 36.4 Å². The molecule has 0 unspecified atom stereocenters. The van der Waals surface area contributed by atoms with Crippen LogP contribution in [0.3, 0.4) is 0 Å². The Morgan fingerprint density at radius 2 is 1.90 bits per heavy atom. The first kappa shape index (κ1) is 19.7. The van der Waals surface area contributed by atoms with Crippen molar-refractivity contribution in [3.63, 3.8) is 0 Å². The van der Waals surface area contributed by atoms with Crippen LogP contribution in [0.25, 0.3) is 22.4 Å². The van der Waals surface area contributed by atoms with Crippen molar-refractivity contribution in [2.45, 2.75) is 0 Å². The predicted octanol–water partition coefficient (Wildman–Crippen LogP) is 2.95. The van der Waals surface area contributed by atoms with E-state index in [0.29, 0.717) is 39.2 Å². The van der Waals surface area contributed by atoms with Crippen LogP contribution in [0.1, 0.15) is 5.56 Å². The maximum atomic E-state index is 12.8. The lowest BCUT2D eigenvalue weighted by Crippen LogP contribution is -2.23. The van der Waals surface area contributed by atoms with Crippen molar-refractivity contribution in [2.75, 3.05) is 20.8 Å². The van der Waals surface area contributed by atoms with Gasteiger partial charge in [-0.1, -0.05) is 42.2 Å². The van der Waals surface area contributed by atoms with Crippen molar-refractivity contribution in [2.24, 2.45) is 0 Å². The Kier molecular flexibility index (Phi) is 5.49. The minimum atomic E-state index is -0.227. The Labute approximate surface area is 176 Å². The molecule has 0 aliphatic carbocycles. The standard InChI is InChI=1S/C22H19N3O4S/c1-4-11-29-17-10-9-14(12-18(17)28-3)13-19-21(26)25-22(30-19)23-20(24-25)15-7-5-6-8-16(15)27-2/h4-10,12-13H,1,11H2,2-3H3. The van der Waals surface area contributed by atoms with E-state index in [-0.39, 0.29) is 5.56 Å². The van der Waals surface area contributed by atoms with E-state index >= 15 is 0 Å². The Balaban J connectivity index is 1.73. The highest BCUT2D eigenvalue weighted by molar-refractivity contribution is 7.15. The molecule has 8 heteroatoms. The summed E-state index contributed by atoms with van der Waals surface area (Å²) >= 11 is 1.27. The molecule has 0 aliphatic rings. The van der Waals surface area contributed by atoms with E-state index < -0.39 is 0 Å². The normalized spacial score (nSPS) is 11.6. The van der Waals surface area contributed by atoms with Crippen molar-refractivity contribution in [3.8, 4) is 28.6 Å². The topological polar surface area (TPSA) is 75.0 Å². The fourth-order valence-corrected chi connectivity index (χ4v) is 3.88. The van der Waals surface area contributed by atoms with E-state index in [2.05, 4.69) is 16.7 Å². The number of nitrogens with zero attached hydrogens (tertiary/aromatic N) is 3. The first-order chi connectivity index (χ1) is 14.6. The molecular formula is C22H19N3O4S. The molecule has 0 spiro atoms. The molecule has 2 aromatic heterocycles. The van der Waals surface area contributed by atoms with Crippen molar-refractivity contribution < 1.29 is 14.2 Å². The molecule has 0 bridgehead atoms. The lowest BCUT2D eigenvalue weighted by molar-refractivity contribution is 0.326. The van der Waals surface area contributed by atoms with Crippen molar-refractivity contribution in [3.05, 3.63) is 75.6 Å². The number of fused-ring (bicyclic) bond motifs is 1. The number of aromatic nitrogens is 3. The number of thiazole rings is 1. The van der Waals surface area contributed by atoms with Crippen LogP contribution in [-0.4, -0.2) is 35.4 Å². The first-order valence-electron chi connectivity index (χ1n) is 9.11. The van der Waals surface area contributed by atoms with Crippen molar-refractivity contribution in [1.29, 1.82) is 0 Å². The van der Waals surface area contributed by atoms with Gasteiger partial charge in [-0.15, -0.1) is 5.10 Å². The smallest absolute Gasteiger partial charge is 0.291 e. The molecule has 30 heavy (non-hydrogen) atoms. The van der Waals surface area contributed by atoms with E-state index in [1.54, 1.807) is 32.4 Å². The minimum absolute atomic E-state index is 0.227. The van der Waals surface area contributed by atoms with Gasteiger partial charge in [0.2, 0.25) is 4.96 Å². The maximum Gasteiger partial charge on any atom is 0.291 e. The highest BCUT2D eigenvalue weighted by Gasteiger charge is 2.15. The summed E-state index contributed by atoms with van der Waals surface area (Å²) in [5.41, 5.74) is 1.32. The van der Waals surface area contributed by atoms with Crippen LogP contribution in [0.15, 0.2) is 59.9 Å². The average molecular weight is 421 g/mol. The Hall–Kier alpha value is -3.65. The monoisotopic (exact) mass is 421 g/mol. The molecule has 4 rings (SSSR count). The average Bonchev–Trinajstić information content (AvgIpc) is 3.32. The molecule has 0 aliphatic heterocycles. The number of methoxy groups -OCH3 is 2. The van der Waals surface area contributed by atoms with Gasteiger partial charge < -0.3 is 14.2 Å². The third kappa shape index (κ3) is 3.65. The van der Waals surface area contributed by atoms with E-state index in [9.17, 15) is 4.79 Å². The van der Waals surface area contributed by atoms with Gasteiger partial charge in [-0.05, 0) is 35.9 Å². The fourth-order valence-electron chi connectivity index (χ4n) is 2.97. The van der Waals surface area contributed by atoms with Crippen LogP contribution in [0, 0.1) is 0 Å². The molecular weight excluding hydrogens is 402 g/mol. The molecule has 152 valence electrons. The summed E-state index contributed by atoms with van der Waals surface area (Å²) in [6.45, 7) is 4.02. The zero-order chi connectivity index (χ0) is 21.1. The molecule has 0 fully saturated rings. The second kappa shape index (κ2) is 8.38. The second-order valence-corrected chi connectivity index (χ2v) is 7.26. The summed E-state index contributed by atoms with van der Waals surface area (Å²) in [6.07, 6.45) is 3.45. The summed E-state index contributed by atoms with van der Waals surface area (Å²) in [5.74, 6) is 2.30. The number of benzene rings is 2. The van der Waals surface area contributed by atoms with Crippen LogP contribution in [0.5, 0.6) is 17.2 Å². The number of para-hydroxylation sites is 1. The van der Waals surface area contributed by atoms with Gasteiger partial charge in [0.25, 0.3) is 5.56 Å². The molecule has 0 N–H and O–H groups in total. The van der Waals surface area contributed by atoms with Gasteiger partial charge in [-0.3, -0.25) is 4.79 Å². The number of ether oxygens (including phenoxy) is 3. The van der Waals surface area contributed by atoms with Crippen LogP contribution < -0.4 is 24.3 Å². The van der Waals surface area contributed by atoms with Crippen LogP contribution in [-0.2, 0) is 0 Å². The SMILES string of the molecule is C=CCOc1ccc(C=c2sc3nc(-c4ccccc4OC)nn3c2=O)cc1OC. The molecule has 0 amide bonds. The summed E-state index contributed by atoms with van der Waals surface area (Å²) in [7, 11) is 3.16. The molecule has 2 aromatic carbocycles. The van der Waals surface area contributed by atoms with E-state index in [1.165, 1.54) is 15.9 Å². The summed E-state index contributed by atoms with van der Waals surface area (Å²) in [4.78, 5) is 17.9. The molecule has 7 nitrogen and oxygen atoms in total. The van der Waals surface area contributed by atoms with Gasteiger partial charge in [-0.2, -0.15) is 9.50 Å². The Morgan fingerprint density at radius 1 is 1.10 bits per heavy atom. The third-order valence-electron chi connectivity index (χ3n) is 4.37. The second-order valence-electron chi connectivity index (χ2n) is 6.26. The minimum Gasteiger partial charge on any atom is -0.496 e. The van der Waals surface area contributed by atoms with Gasteiger partial charge >= 0.3 is 0 Å². The summed E-state index contributed by atoms with van der Waals surface area (Å²) in [6, 6.07) is 12.9.